The van der Waals surface area contributed by atoms with Crippen LogP contribution < -0.4 is 19.6 Å². The van der Waals surface area contributed by atoms with Crippen molar-refractivity contribution in [3.63, 3.8) is 0 Å². The summed E-state index contributed by atoms with van der Waals surface area (Å²) in [6.07, 6.45) is 1.52. The molecule has 1 amide bonds. The second-order valence-corrected chi connectivity index (χ2v) is 6.66. The van der Waals surface area contributed by atoms with Gasteiger partial charge < -0.3 is 14.2 Å². The van der Waals surface area contributed by atoms with Crippen LogP contribution in [0.1, 0.15) is 11.1 Å². The van der Waals surface area contributed by atoms with Gasteiger partial charge in [-0.05, 0) is 53.6 Å². The van der Waals surface area contributed by atoms with E-state index in [2.05, 4.69) is 10.5 Å². The van der Waals surface area contributed by atoms with E-state index in [0.717, 1.165) is 11.1 Å². The van der Waals surface area contributed by atoms with Crippen LogP contribution in [-0.4, -0.2) is 25.8 Å². The third kappa shape index (κ3) is 6.53. The van der Waals surface area contributed by atoms with Crippen LogP contribution in [-0.2, 0) is 11.4 Å². The van der Waals surface area contributed by atoms with Gasteiger partial charge in [-0.2, -0.15) is 5.10 Å². The Morgan fingerprint density at radius 3 is 2.50 bits per heavy atom. The number of ether oxygens (including phenoxy) is 3. The van der Waals surface area contributed by atoms with E-state index in [1.807, 2.05) is 36.4 Å². The molecular formula is C23H21ClN2O4. The average molecular weight is 425 g/mol. The molecule has 0 saturated carbocycles. The van der Waals surface area contributed by atoms with E-state index < -0.39 is 0 Å². The minimum Gasteiger partial charge on any atom is -0.493 e. The van der Waals surface area contributed by atoms with Crippen LogP contribution in [0.5, 0.6) is 17.2 Å². The van der Waals surface area contributed by atoms with E-state index in [1.54, 1.807) is 43.5 Å². The second kappa shape index (κ2) is 10.9. The summed E-state index contributed by atoms with van der Waals surface area (Å²) in [5.74, 6) is 1.37. The lowest BCUT2D eigenvalue weighted by molar-refractivity contribution is -0.123. The lowest BCUT2D eigenvalue weighted by atomic mass is 10.2. The Morgan fingerprint density at radius 1 is 1.00 bits per heavy atom. The quantitative estimate of drug-likeness (QED) is 0.407. The summed E-state index contributed by atoms with van der Waals surface area (Å²) in [5.41, 5.74) is 4.23. The molecule has 0 aliphatic rings. The fourth-order valence-corrected chi connectivity index (χ4v) is 2.64. The van der Waals surface area contributed by atoms with Gasteiger partial charge in [0.2, 0.25) is 0 Å². The molecule has 0 bridgehead atoms. The van der Waals surface area contributed by atoms with Gasteiger partial charge in [0.25, 0.3) is 5.91 Å². The first-order valence-corrected chi connectivity index (χ1v) is 9.57. The molecule has 3 aromatic rings. The van der Waals surface area contributed by atoms with E-state index >= 15 is 0 Å². The topological polar surface area (TPSA) is 69.2 Å². The number of hydrazone groups is 1. The Hall–Kier alpha value is -3.51. The smallest absolute Gasteiger partial charge is 0.277 e. The predicted molar refractivity (Wildman–Crippen MR) is 116 cm³/mol. The van der Waals surface area contributed by atoms with Gasteiger partial charge in [0, 0.05) is 5.02 Å². The normalized spacial score (nSPS) is 10.6. The molecule has 3 rings (SSSR count). The Bertz CT molecular complexity index is 992. The zero-order chi connectivity index (χ0) is 21.2. The van der Waals surface area contributed by atoms with Gasteiger partial charge in [0.05, 0.1) is 13.3 Å². The summed E-state index contributed by atoms with van der Waals surface area (Å²) in [6, 6.07) is 22.0. The van der Waals surface area contributed by atoms with Gasteiger partial charge in [0.1, 0.15) is 12.4 Å². The lowest BCUT2D eigenvalue weighted by Crippen LogP contribution is -2.24. The number of carbonyl (C=O) groups is 1. The highest BCUT2D eigenvalue weighted by Gasteiger charge is 2.06. The first kappa shape index (κ1) is 21.2. The summed E-state index contributed by atoms with van der Waals surface area (Å²) in [6.45, 7) is 0.281. The van der Waals surface area contributed by atoms with Gasteiger partial charge in [-0.25, -0.2) is 5.43 Å². The van der Waals surface area contributed by atoms with Crippen LogP contribution >= 0.6 is 11.6 Å². The summed E-state index contributed by atoms with van der Waals surface area (Å²) >= 11 is 5.81. The van der Waals surface area contributed by atoms with Crippen molar-refractivity contribution in [2.24, 2.45) is 5.10 Å². The van der Waals surface area contributed by atoms with Crippen molar-refractivity contribution in [3.05, 3.63) is 88.9 Å². The van der Waals surface area contributed by atoms with Crippen molar-refractivity contribution in [2.75, 3.05) is 13.7 Å². The minimum atomic E-state index is -0.379. The number of benzene rings is 3. The van der Waals surface area contributed by atoms with E-state index in [0.29, 0.717) is 28.9 Å². The predicted octanol–water partition coefficient (Wildman–Crippen LogP) is 4.46. The zero-order valence-electron chi connectivity index (χ0n) is 16.4. The monoisotopic (exact) mass is 424 g/mol. The number of carbonyl (C=O) groups excluding carboxylic acids is 1. The fraction of sp³-hybridized carbons (Fsp3) is 0.130. The number of halogens is 1. The van der Waals surface area contributed by atoms with E-state index in [-0.39, 0.29) is 12.5 Å². The van der Waals surface area contributed by atoms with E-state index in [9.17, 15) is 4.79 Å². The molecule has 0 saturated heterocycles. The molecule has 0 spiro atoms. The lowest BCUT2D eigenvalue weighted by Gasteiger charge is -2.11. The van der Waals surface area contributed by atoms with E-state index in [1.165, 1.54) is 6.21 Å². The Balaban J connectivity index is 1.50. The van der Waals surface area contributed by atoms with Gasteiger partial charge in [0.15, 0.2) is 18.1 Å². The molecule has 0 unspecified atom stereocenters. The van der Waals surface area contributed by atoms with Gasteiger partial charge in [-0.15, -0.1) is 0 Å². The third-order valence-corrected chi connectivity index (χ3v) is 4.26. The number of hydrogen-bond acceptors (Lipinski definition) is 5. The van der Waals surface area contributed by atoms with Crippen molar-refractivity contribution in [1.29, 1.82) is 0 Å². The van der Waals surface area contributed by atoms with Gasteiger partial charge >= 0.3 is 0 Å². The van der Waals surface area contributed by atoms with Crippen LogP contribution in [0, 0.1) is 0 Å². The maximum absolute atomic E-state index is 11.9. The zero-order valence-corrected chi connectivity index (χ0v) is 17.1. The molecule has 1 N–H and O–H groups in total. The highest BCUT2D eigenvalue weighted by atomic mass is 35.5. The molecule has 0 atom stereocenters. The average Bonchev–Trinajstić information content (AvgIpc) is 2.78. The molecular weight excluding hydrogens is 404 g/mol. The second-order valence-electron chi connectivity index (χ2n) is 6.22. The Labute approximate surface area is 180 Å². The SMILES string of the molecule is COc1cc(C=NNC(=O)COc2ccc(Cl)cc2)ccc1OCc1ccccc1. The molecule has 6 nitrogen and oxygen atoms in total. The number of methoxy groups -OCH3 is 1. The number of nitrogens with one attached hydrogen (secondary N) is 1. The Kier molecular flexibility index (Phi) is 7.69. The molecule has 3 aromatic carbocycles. The largest absolute Gasteiger partial charge is 0.493 e. The first-order valence-electron chi connectivity index (χ1n) is 9.19. The number of amides is 1. The fourth-order valence-electron chi connectivity index (χ4n) is 2.51. The van der Waals surface area contributed by atoms with Crippen molar-refractivity contribution in [1.82, 2.24) is 5.43 Å². The Morgan fingerprint density at radius 2 is 1.77 bits per heavy atom. The molecule has 154 valence electrons. The van der Waals surface area contributed by atoms with Crippen molar-refractivity contribution < 1.29 is 19.0 Å². The highest BCUT2D eigenvalue weighted by molar-refractivity contribution is 6.30. The summed E-state index contributed by atoms with van der Waals surface area (Å²) in [5, 5.41) is 4.54. The maximum Gasteiger partial charge on any atom is 0.277 e. The molecule has 0 aliphatic carbocycles. The summed E-state index contributed by atoms with van der Waals surface area (Å²) < 4.78 is 16.6. The molecule has 0 aliphatic heterocycles. The highest BCUT2D eigenvalue weighted by Crippen LogP contribution is 2.28. The van der Waals surface area contributed by atoms with Crippen LogP contribution in [0.2, 0.25) is 5.02 Å². The van der Waals surface area contributed by atoms with Crippen LogP contribution in [0.4, 0.5) is 0 Å². The molecule has 0 fully saturated rings. The summed E-state index contributed by atoms with van der Waals surface area (Å²) in [7, 11) is 1.57. The molecule has 0 radical (unpaired) electrons. The molecule has 0 aromatic heterocycles. The van der Waals surface area contributed by atoms with Crippen molar-refractivity contribution >= 4 is 23.7 Å². The van der Waals surface area contributed by atoms with Crippen LogP contribution in [0.3, 0.4) is 0 Å². The number of hydrogen-bond donors (Lipinski definition) is 1. The van der Waals surface area contributed by atoms with Gasteiger partial charge in [-0.3, -0.25) is 4.79 Å². The number of nitrogens with zero attached hydrogens (tertiary/aromatic N) is 1. The van der Waals surface area contributed by atoms with Crippen molar-refractivity contribution in [2.45, 2.75) is 6.61 Å². The number of rotatable bonds is 9. The van der Waals surface area contributed by atoms with Crippen LogP contribution in [0.25, 0.3) is 0 Å². The standard InChI is InChI=1S/C23H21ClN2O4/c1-28-22-13-18(7-12-21(22)30-15-17-5-3-2-4-6-17)14-25-26-23(27)16-29-20-10-8-19(24)9-11-20/h2-14H,15-16H2,1H3,(H,26,27). The van der Waals surface area contributed by atoms with Gasteiger partial charge in [-0.1, -0.05) is 41.9 Å². The third-order valence-electron chi connectivity index (χ3n) is 4.01. The maximum atomic E-state index is 11.9. The molecule has 0 heterocycles. The van der Waals surface area contributed by atoms with E-state index in [4.69, 9.17) is 25.8 Å². The molecule has 30 heavy (non-hydrogen) atoms. The molecule has 7 heteroatoms. The van der Waals surface area contributed by atoms with Crippen molar-refractivity contribution in [3.8, 4) is 17.2 Å². The summed E-state index contributed by atoms with van der Waals surface area (Å²) in [4.78, 5) is 11.9. The van der Waals surface area contributed by atoms with Crippen LogP contribution in [0.15, 0.2) is 77.9 Å². The minimum absolute atomic E-state index is 0.158. The first-order chi connectivity index (χ1) is 14.6.